The molecule has 0 aliphatic heterocycles. The molecule has 0 aromatic heterocycles. The van der Waals surface area contributed by atoms with Crippen LogP contribution in [0.15, 0.2) is 24.3 Å². The zero-order valence-electron chi connectivity index (χ0n) is 8.65. The van der Waals surface area contributed by atoms with Crippen LogP contribution in [0.25, 0.3) is 0 Å². The van der Waals surface area contributed by atoms with Gasteiger partial charge in [-0.05, 0) is 11.1 Å². The number of hydrogen-bond donors (Lipinski definition) is 4. The molecular formula is C10H11O6P. The molecule has 1 aromatic rings. The number of aliphatic hydroxyl groups excluding tert-OH is 1. The summed E-state index contributed by atoms with van der Waals surface area (Å²) in [6, 6.07) is 6.01. The standard InChI is InChI=1S/C10H11O6P/c11-8-5-6-3-1-2-4-7(6)10(8,9(12)13)17(14,15)16/h1-4,8,11H,5H2,(H,12,13)(H2,14,15,16). The maximum Gasteiger partial charge on any atom is 0.350 e. The lowest BCUT2D eigenvalue weighted by Crippen LogP contribution is -2.43. The lowest BCUT2D eigenvalue weighted by atomic mass is 9.99. The zero-order valence-corrected chi connectivity index (χ0v) is 9.54. The minimum Gasteiger partial charge on any atom is -0.480 e. The fourth-order valence-electron chi connectivity index (χ4n) is 2.34. The van der Waals surface area contributed by atoms with Gasteiger partial charge in [-0.3, -0.25) is 9.36 Å². The maximum absolute atomic E-state index is 11.5. The molecule has 0 radical (unpaired) electrons. The van der Waals surface area contributed by atoms with E-state index < -0.39 is 24.8 Å². The van der Waals surface area contributed by atoms with Crippen molar-refractivity contribution in [3.8, 4) is 0 Å². The summed E-state index contributed by atoms with van der Waals surface area (Å²) in [4.78, 5) is 29.9. The topological polar surface area (TPSA) is 115 Å². The molecule has 0 amide bonds. The number of hydrogen-bond acceptors (Lipinski definition) is 3. The van der Waals surface area contributed by atoms with E-state index in [9.17, 15) is 24.3 Å². The Kier molecular flexibility index (Phi) is 2.63. The first kappa shape index (κ1) is 12.3. The maximum atomic E-state index is 11.5. The summed E-state index contributed by atoms with van der Waals surface area (Å²) < 4.78 is 11.5. The molecule has 17 heavy (non-hydrogen) atoms. The summed E-state index contributed by atoms with van der Waals surface area (Å²) in [7, 11) is -5.04. The van der Waals surface area contributed by atoms with Crippen LogP contribution in [-0.4, -0.2) is 32.1 Å². The average Bonchev–Trinajstić information content (AvgIpc) is 2.49. The molecule has 0 spiro atoms. The van der Waals surface area contributed by atoms with Crippen LogP contribution in [0.4, 0.5) is 0 Å². The number of benzene rings is 1. The van der Waals surface area contributed by atoms with Crippen molar-refractivity contribution in [1.82, 2.24) is 0 Å². The summed E-state index contributed by atoms with van der Waals surface area (Å²) >= 11 is 0. The van der Waals surface area contributed by atoms with Gasteiger partial charge in [0.1, 0.15) is 0 Å². The Morgan fingerprint density at radius 2 is 1.94 bits per heavy atom. The molecule has 6 nitrogen and oxygen atoms in total. The molecule has 0 heterocycles. The van der Waals surface area contributed by atoms with Crippen molar-refractivity contribution in [2.75, 3.05) is 0 Å². The highest BCUT2D eigenvalue weighted by molar-refractivity contribution is 7.54. The highest BCUT2D eigenvalue weighted by Gasteiger charge is 2.64. The van der Waals surface area contributed by atoms with E-state index in [1.807, 2.05) is 0 Å². The van der Waals surface area contributed by atoms with E-state index in [0.29, 0.717) is 5.56 Å². The first-order chi connectivity index (χ1) is 7.81. The Balaban J connectivity index is 2.78. The van der Waals surface area contributed by atoms with Gasteiger partial charge in [-0.2, -0.15) is 0 Å². The van der Waals surface area contributed by atoms with Crippen LogP contribution in [0.2, 0.25) is 0 Å². The molecule has 2 rings (SSSR count). The summed E-state index contributed by atoms with van der Waals surface area (Å²) in [5.41, 5.74) is 0.444. The number of fused-ring (bicyclic) bond motifs is 1. The first-order valence-corrected chi connectivity index (χ1v) is 6.48. The SMILES string of the molecule is O=C(O)C1(P(=O)(O)O)c2ccccc2CC1O. The van der Waals surface area contributed by atoms with Crippen molar-refractivity contribution in [2.24, 2.45) is 0 Å². The van der Waals surface area contributed by atoms with Crippen LogP contribution in [0.5, 0.6) is 0 Å². The fraction of sp³-hybridized carbons (Fsp3) is 0.300. The van der Waals surface area contributed by atoms with Gasteiger partial charge in [-0.15, -0.1) is 0 Å². The van der Waals surface area contributed by atoms with Crippen LogP contribution in [0.3, 0.4) is 0 Å². The van der Waals surface area contributed by atoms with E-state index in [-0.39, 0.29) is 12.0 Å². The van der Waals surface area contributed by atoms with Gasteiger partial charge in [-0.1, -0.05) is 24.3 Å². The van der Waals surface area contributed by atoms with E-state index in [1.54, 1.807) is 12.1 Å². The van der Waals surface area contributed by atoms with Crippen LogP contribution in [0, 0.1) is 0 Å². The van der Waals surface area contributed by atoms with Crippen LogP contribution in [-0.2, 0) is 20.9 Å². The summed E-state index contributed by atoms with van der Waals surface area (Å²) in [5.74, 6) is -1.71. The number of carbonyl (C=O) groups is 1. The molecular weight excluding hydrogens is 247 g/mol. The molecule has 1 aliphatic rings. The molecule has 0 saturated heterocycles. The Morgan fingerprint density at radius 3 is 2.47 bits per heavy atom. The van der Waals surface area contributed by atoms with Crippen molar-refractivity contribution in [3.05, 3.63) is 35.4 Å². The molecule has 2 unspecified atom stereocenters. The first-order valence-electron chi connectivity index (χ1n) is 4.87. The fourth-order valence-corrected chi connectivity index (χ4v) is 3.60. The molecule has 92 valence electrons. The number of aliphatic carboxylic acids is 1. The molecule has 1 aliphatic carbocycles. The molecule has 4 N–H and O–H groups in total. The Bertz CT molecular complexity index is 521. The number of rotatable bonds is 2. The van der Waals surface area contributed by atoms with Crippen molar-refractivity contribution in [1.29, 1.82) is 0 Å². The van der Waals surface area contributed by atoms with Gasteiger partial charge in [0.05, 0.1) is 6.10 Å². The zero-order chi connectivity index (χ0) is 12.8. The largest absolute Gasteiger partial charge is 0.480 e. The van der Waals surface area contributed by atoms with Gasteiger partial charge in [-0.25, -0.2) is 0 Å². The summed E-state index contributed by atoms with van der Waals surface area (Å²) in [5, 5.41) is 16.4. The van der Waals surface area contributed by atoms with Crippen LogP contribution >= 0.6 is 7.60 Å². The monoisotopic (exact) mass is 258 g/mol. The number of carboxylic acids is 1. The predicted octanol–water partition coefficient (Wildman–Crippen LogP) is 0.0612. The smallest absolute Gasteiger partial charge is 0.350 e. The van der Waals surface area contributed by atoms with Crippen LogP contribution < -0.4 is 0 Å². The van der Waals surface area contributed by atoms with E-state index in [0.717, 1.165) is 0 Å². The van der Waals surface area contributed by atoms with Gasteiger partial charge in [0.2, 0.25) is 5.16 Å². The van der Waals surface area contributed by atoms with E-state index in [4.69, 9.17) is 5.11 Å². The molecule has 1 aromatic carbocycles. The lowest BCUT2D eigenvalue weighted by molar-refractivity contribution is -0.144. The molecule has 0 bridgehead atoms. The minimum absolute atomic E-state index is 0.00617. The van der Waals surface area contributed by atoms with Crippen molar-refractivity contribution < 1.29 is 29.4 Å². The van der Waals surface area contributed by atoms with E-state index >= 15 is 0 Å². The Morgan fingerprint density at radius 1 is 1.35 bits per heavy atom. The second-order valence-corrected chi connectivity index (χ2v) is 5.79. The second-order valence-electron chi connectivity index (χ2n) is 3.99. The second kappa shape index (κ2) is 3.65. The third-order valence-electron chi connectivity index (χ3n) is 3.11. The van der Waals surface area contributed by atoms with Crippen LogP contribution in [0.1, 0.15) is 11.1 Å². The molecule has 0 fully saturated rings. The van der Waals surface area contributed by atoms with Crippen molar-refractivity contribution in [2.45, 2.75) is 17.7 Å². The normalized spacial score (nSPS) is 27.8. The molecule has 0 saturated carbocycles. The van der Waals surface area contributed by atoms with E-state index in [2.05, 4.69) is 0 Å². The Labute approximate surface area is 96.7 Å². The van der Waals surface area contributed by atoms with Gasteiger partial charge in [0.15, 0.2) is 0 Å². The third kappa shape index (κ3) is 1.46. The molecule has 7 heteroatoms. The summed E-state index contributed by atoms with van der Waals surface area (Å²) in [6.07, 6.45) is -1.70. The van der Waals surface area contributed by atoms with Crippen molar-refractivity contribution >= 4 is 13.6 Å². The van der Waals surface area contributed by atoms with Crippen molar-refractivity contribution in [3.63, 3.8) is 0 Å². The van der Waals surface area contributed by atoms with Gasteiger partial charge in [0, 0.05) is 6.42 Å². The van der Waals surface area contributed by atoms with Gasteiger partial charge < -0.3 is 20.0 Å². The number of aliphatic hydroxyl groups is 1. The lowest BCUT2D eigenvalue weighted by Gasteiger charge is -2.29. The Hall–Kier alpha value is -1.20. The number of carboxylic acid groups (broad SMARTS) is 1. The van der Waals surface area contributed by atoms with E-state index in [1.165, 1.54) is 12.1 Å². The third-order valence-corrected chi connectivity index (χ3v) is 4.76. The average molecular weight is 258 g/mol. The predicted molar refractivity (Wildman–Crippen MR) is 57.5 cm³/mol. The summed E-state index contributed by atoms with van der Waals surface area (Å²) in [6.45, 7) is 0. The highest BCUT2D eigenvalue weighted by atomic mass is 31.2. The van der Waals surface area contributed by atoms with Gasteiger partial charge in [0.25, 0.3) is 0 Å². The molecule has 2 atom stereocenters. The highest BCUT2D eigenvalue weighted by Crippen LogP contribution is 2.62. The quantitative estimate of drug-likeness (QED) is 0.557. The van der Waals surface area contributed by atoms with Gasteiger partial charge >= 0.3 is 13.6 Å². The minimum atomic E-state index is -5.04.